The van der Waals surface area contributed by atoms with Crippen LogP contribution in [0.3, 0.4) is 0 Å². The van der Waals surface area contributed by atoms with Gasteiger partial charge in [0.2, 0.25) is 0 Å². The van der Waals surface area contributed by atoms with Crippen molar-refractivity contribution in [3.8, 4) is 0 Å². The number of hydrogen-bond donors (Lipinski definition) is 1. The van der Waals surface area contributed by atoms with E-state index in [1.165, 1.54) is 24.7 Å². The van der Waals surface area contributed by atoms with Crippen LogP contribution in [-0.4, -0.2) is 14.2 Å². The van der Waals surface area contributed by atoms with Crippen LogP contribution in [0.25, 0.3) is 0 Å². The van der Waals surface area contributed by atoms with E-state index in [1.54, 1.807) is 6.92 Å². The van der Waals surface area contributed by atoms with E-state index in [-0.39, 0.29) is 0 Å². The lowest BCUT2D eigenvalue weighted by Crippen LogP contribution is -2.41. The number of aromatic nitrogens is 2. The molecule has 1 atom stereocenters. The van der Waals surface area contributed by atoms with E-state index < -0.39 is 17.5 Å². The first kappa shape index (κ1) is 9.73. The van der Waals surface area contributed by atoms with Crippen LogP contribution in [0.15, 0.2) is 15.8 Å². The number of aliphatic hydroxyl groups excluding tert-OH is 1. The van der Waals surface area contributed by atoms with E-state index in [9.17, 15) is 14.7 Å². The lowest BCUT2D eigenvalue weighted by molar-refractivity contribution is 0.113. The van der Waals surface area contributed by atoms with Gasteiger partial charge in [0.1, 0.15) is 6.23 Å². The third-order valence-electron chi connectivity index (χ3n) is 1.82. The fourth-order valence-corrected chi connectivity index (χ4v) is 1.18. The highest BCUT2D eigenvalue weighted by molar-refractivity contribution is 5.02. The molecule has 0 aliphatic carbocycles. The molecular formula is C8H12N2O3. The summed E-state index contributed by atoms with van der Waals surface area (Å²) in [7, 11) is 1.54. The van der Waals surface area contributed by atoms with Crippen molar-refractivity contribution in [1.82, 2.24) is 9.13 Å². The highest BCUT2D eigenvalue weighted by Gasteiger charge is 2.09. The SMILES string of the molecule is Cc1cn(C)c(=O)n(C(C)O)c1=O. The molecule has 5 heteroatoms. The van der Waals surface area contributed by atoms with Crippen LogP contribution in [-0.2, 0) is 7.05 Å². The normalized spacial score (nSPS) is 12.9. The Hall–Kier alpha value is -1.36. The van der Waals surface area contributed by atoms with Crippen molar-refractivity contribution in [3.05, 3.63) is 32.6 Å². The Balaban J connectivity index is 3.67. The maximum Gasteiger partial charge on any atom is 0.332 e. The van der Waals surface area contributed by atoms with Gasteiger partial charge in [-0.25, -0.2) is 9.36 Å². The molecule has 1 aromatic rings. The van der Waals surface area contributed by atoms with Gasteiger partial charge in [0, 0.05) is 18.8 Å². The number of aliphatic hydroxyl groups is 1. The predicted molar refractivity (Wildman–Crippen MR) is 47.6 cm³/mol. The fourth-order valence-electron chi connectivity index (χ4n) is 1.18. The van der Waals surface area contributed by atoms with Crippen molar-refractivity contribution in [2.45, 2.75) is 20.1 Å². The number of hydrogen-bond acceptors (Lipinski definition) is 3. The summed E-state index contributed by atoms with van der Waals surface area (Å²) < 4.78 is 2.08. The van der Waals surface area contributed by atoms with Gasteiger partial charge in [-0.05, 0) is 13.8 Å². The van der Waals surface area contributed by atoms with Crippen LogP contribution in [0, 0.1) is 6.92 Å². The van der Waals surface area contributed by atoms with Gasteiger partial charge in [0.15, 0.2) is 0 Å². The summed E-state index contributed by atoms with van der Waals surface area (Å²) in [5.74, 6) is 0. The van der Waals surface area contributed by atoms with Crippen molar-refractivity contribution in [1.29, 1.82) is 0 Å². The van der Waals surface area contributed by atoms with Crippen LogP contribution < -0.4 is 11.2 Å². The summed E-state index contributed by atoms with van der Waals surface area (Å²) in [6.45, 7) is 2.98. The summed E-state index contributed by atoms with van der Waals surface area (Å²) in [5, 5.41) is 9.18. The number of rotatable bonds is 1. The zero-order valence-corrected chi connectivity index (χ0v) is 7.81. The average molecular weight is 184 g/mol. The average Bonchev–Trinajstić information content (AvgIpc) is 2.01. The van der Waals surface area contributed by atoms with Gasteiger partial charge in [-0.2, -0.15) is 0 Å². The van der Waals surface area contributed by atoms with E-state index >= 15 is 0 Å². The Bertz CT molecular complexity index is 394. The molecule has 5 nitrogen and oxygen atoms in total. The summed E-state index contributed by atoms with van der Waals surface area (Å²) in [4.78, 5) is 22.7. The molecule has 72 valence electrons. The molecule has 1 unspecified atom stereocenters. The Morgan fingerprint density at radius 3 is 2.46 bits per heavy atom. The van der Waals surface area contributed by atoms with Crippen molar-refractivity contribution in [2.24, 2.45) is 7.05 Å². The number of nitrogens with zero attached hydrogens (tertiary/aromatic N) is 2. The molecule has 0 aliphatic heterocycles. The zero-order valence-electron chi connectivity index (χ0n) is 7.81. The molecule has 0 fully saturated rings. The lowest BCUT2D eigenvalue weighted by Gasteiger charge is -2.10. The van der Waals surface area contributed by atoms with Gasteiger partial charge in [-0.15, -0.1) is 0 Å². The van der Waals surface area contributed by atoms with Gasteiger partial charge in [-0.1, -0.05) is 0 Å². The quantitative estimate of drug-likeness (QED) is 0.631. The van der Waals surface area contributed by atoms with Gasteiger partial charge in [0.05, 0.1) is 0 Å². The van der Waals surface area contributed by atoms with Gasteiger partial charge >= 0.3 is 5.69 Å². The third-order valence-corrected chi connectivity index (χ3v) is 1.82. The molecule has 0 bridgehead atoms. The minimum atomic E-state index is -1.09. The topological polar surface area (TPSA) is 64.2 Å². The van der Waals surface area contributed by atoms with E-state index in [4.69, 9.17) is 0 Å². The van der Waals surface area contributed by atoms with Crippen molar-refractivity contribution in [3.63, 3.8) is 0 Å². The van der Waals surface area contributed by atoms with Crippen molar-refractivity contribution in [2.75, 3.05) is 0 Å². The Morgan fingerprint density at radius 1 is 1.46 bits per heavy atom. The minimum Gasteiger partial charge on any atom is -0.373 e. The van der Waals surface area contributed by atoms with Crippen molar-refractivity contribution >= 4 is 0 Å². The molecule has 0 aromatic carbocycles. The molecule has 1 aromatic heterocycles. The van der Waals surface area contributed by atoms with E-state index in [1.807, 2.05) is 0 Å². The van der Waals surface area contributed by atoms with E-state index in [2.05, 4.69) is 0 Å². The predicted octanol–water partition coefficient (Wildman–Crippen LogP) is -0.634. The molecule has 0 saturated heterocycles. The Morgan fingerprint density at radius 2 is 2.00 bits per heavy atom. The molecule has 1 heterocycles. The Kier molecular flexibility index (Phi) is 2.38. The second kappa shape index (κ2) is 3.18. The molecule has 1 rings (SSSR count). The molecule has 1 N–H and O–H groups in total. The zero-order chi connectivity index (χ0) is 10.2. The minimum absolute atomic E-state index is 0.433. The van der Waals surface area contributed by atoms with Crippen LogP contribution in [0.4, 0.5) is 0 Å². The highest BCUT2D eigenvalue weighted by atomic mass is 16.3. The largest absolute Gasteiger partial charge is 0.373 e. The second-order valence-electron chi connectivity index (χ2n) is 3.01. The van der Waals surface area contributed by atoms with Gasteiger partial charge < -0.3 is 9.67 Å². The molecule has 13 heavy (non-hydrogen) atoms. The maximum atomic E-state index is 11.4. The molecule has 0 saturated carbocycles. The third kappa shape index (κ3) is 1.55. The smallest absolute Gasteiger partial charge is 0.332 e. The first-order valence-corrected chi connectivity index (χ1v) is 3.92. The van der Waals surface area contributed by atoms with Gasteiger partial charge in [0.25, 0.3) is 5.56 Å². The van der Waals surface area contributed by atoms with Crippen LogP contribution in [0.1, 0.15) is 18.7 Å². The highest BCUT2D eigenvalue weighted by Crippen LogP contribution is 1.92. The summed E-state index contributed by atoms with van der Waals surface area (Å²) in [6.07, 6.45) is 0.356. The van der Waals surface area contributed by atoms with Gasteiger partial charge in [-0.3, -0.25) is 4.79 Å². The summed E-state index contributed by atoms with van der Waals surface area (Å²) in [5.41, 5.74) is -0.522. The second-order valence-corrected chi connectivity index (χ2v) is 3.01. The van der Waals surface area contributed by atoms with Crippen LogP contribution in [0.2, 0.25) is 0 Å². The lowest BCUT2D eigenvalue weighted by atomic mass is 10.4. The first-order valence-electron chi connectivity index (χ1n) is 3.92. The molecular weight excluding hydrogens is 172 g/mol. The first-order chi connectivity index (χ1) is 5.95. The van der Waals surface area contributed by atoms with E-state index in [0.717, 1.165) is 4.57 Å². The summed E-state index contributed by atoms with van der Waals surface area (Å²) >= 11 is 0. The monoisotopic (exact) mass is 184 g/mol. The molecule has 0 amide bonds. The van der Waals surface area contributed by atoms with Crippen LogP contribution >= 0.6 is 0 Å². The maximum absolute atomic E-state index is 11.4. The molecule has 0 spiro atoms. The fraction of sp³-hybridized carbons (Fsp3) is 0.500. The van der Waals surface area contributed by atoms with Crippen LogP contribution in [0.5, 0.6) is 0 Å². The molecule has 0 radical (unpaired) electrons. The van der Waals surface area contributed by atoms with E-state index in [0.29, 0.717) is 5.56 Å². The standard InChI is InChI=1S/C8H12N2O3/c1-5-4-9(3)8(13)10(6(2)11)7(5)12/h4,6,11H,1-3H3. The number of aryl methyl sites for hydroxylation is 2. The molecule has 0 aliphatic rings. The summed E-state index contributed by atoms with van der Waals surface area (Å²) in [6, 6.07) is 0. The Labute approximate surface area is 74.9 Å². The van der Waals surface area contributed by atoms with Crippen molar-refractivity contribution < 1.29 is 5.11 Å².